The highest BCUT2D eigenvalue weighted by atomic mass is 19.1. The molecule has 0 spiro atoms. The highest BCUT2D eigenvalue weighted by molar-refractivity contribution is 5.92. The Labute approximate surface area is 177 Å². The van der Waals surface area contributed by atoms with Crippen LogP contribution in [0.4, 0.5) is 4.39 Å². The smallest absolute Gasteiger partial charge is 0.132 e. The number of fused-ring (bicyclic) bond motifs is 1. The molecule has 1 N–H and O–H groups in total. The summed E-state index contributed by atoms with van der Waals surface area (Å²) >= 11 is 0. The quantitative estimate of drug-likeness (QED) is 0.412. The van der Waals surface area contributed by atoms with Gasteiger partial charge in [0.1, 0.15) is 5.82 Å². The lowest BCUT2D eigenvalue weighted by Crippen LogP contribution is -2.34. The van der Waals surface area contributed by atoms with Crippen molar-refractivity contribution in [3.05, 3.63) is 95.8 Å². The molecule has 152 valence electrons. The van der Waals surface area contributed by atoms with Crippen LogP contribution in [-0.2, 0) is 6.42 Å². The van der Waals surface area contributed by atoms with E-state index in [9.17, 15) is 4.39 Å². The van der Waals surface area contributed by atoms with Gasteiger partial charge in [0, 0.05) is 17.4 Å². The molecule has 0 saturated carbocycles. The standard InChI is InChI=1S/C27H27FN2/c28-23-12-7-13-24-26(23)25(27(29-24)22-10-5-2-6-11-22)21-15-18-30(19-16-21)17-14-20-8-3-1-4-9-20/h1-13,21,29H,14-19H2. The summed E-state index contributed by atoms with van der Waals surface area (Å²) in [6, 6.07) is 26.4. The van der Waals surface area contributed by atoms with Crippen molar-refractivity contribution in [3.8, 4) is 11.3 Å². The number of rotatable bonds is 5. The van der Waals surface area contributed by atoms with E-state index in [-0.39, 0.29) is 5.82 Å². The van der Waals surface area contributed by atoms with E-state index in [1.165, 1.54) is 5.56 Å². The van der Waals surface area contributed by atoms with Gasteiger partial charge in [-0.05, 0) is 67.1 Å². The maximum absolute atomic E-state index is 14.9. The average Bonchev–Trinajstić information content (AvgIpc) is 3.20. The van der Waals surface area contributed by atoms with Gasteiger partial charge in [-0.1, -0.05) is 66.7 Å². The molecular weight excluding hydrogens is 371 g/mol. The molecule has 1 aliphatic rings. The molecule has 0 unspecified atom stereocenters. The van der Waals surface area contributed by atoms with Crippen LogP contribution in [-0.4, -0.2) is 29.5 Å². The normalized spacial score (nSPS) is 15.6. The van der Waals surface area contributed by atoms with Crippen LogP contribution in [0.25, 0.3) is 22.2 Å². The van der Waals surface area contributed by atoms with Crippen molar-refractivity contribution in [3.63, 3.8) is 0 Å². The molecule has 2 nitrogen and oxygen atoms in total. The van der Waals surface area contributed by atoms with Crippen LogP contribution < -0.4 is 0 Å². The number of piperidine rings is 1. The van der Waals surface area contributed by atoms with E-state index in [0.717, 1.165) is 66.6 Å². The predicted molar refractivity (Wildman–Crippen MR) is 122 cm³/mol. The lowest BCUT2D eigenvalue weighted by molar-refractivity contribution is 0.215. The number of aromatic nitrogens is 1. The molecule has 0 amide bonds. The van der Waals surface area contributed by atoms with Crippen molar-refractivity contribution in [2.24, 2.45) is 0 Å². The number of hydrogen-bond acceptors (Lipinski definition) is 1. The zero-order valence-electron chi connectivity index (χ0n) is 17.2. The number of benzene rings is 3. The third kappa shape index (κ3) is 3.78. The third-order valence-corrected chi connectivity index (χ3v) is 6.43. The van der Waals surface area contributed by atoms with Crippen molar-refractivity contribution >= 4 is 10.9 Å². The molecule has 5 rings (SSSR count). The minimum atomic E-state index is -0.118. The van der Waals surface area contributed by atoms with Crippen LogP contribution in [0.2, 0.25) is 0 Å². The zero-order chi connectivity index (χ0) is 20.3. The van der Waals surface area contributed by atoms with Crippen molar-refractivity contribution in [2.45, 2.75) is 25.2 Å². The fourth-order valence-electron chi connectivity index (χ4n) is 4.85. The Hall–Kier alpha value is -2.91. The molecule has 3 heteroatoms. The maximum Gasteiger partial charge on any atom is 0.132 e. The Morgan fingerprint density at radius 1 is 0.833 bits per heavy atom. The highest BCUT2D eigenvalue weighted by Gasteiger charge is 2.27. The van der Waals surface area contributed by atoms with Gasteiger partial charge in [0.15, 0.2) is 0 Å². The second kappa shape index (κ2) is 8.45. The van der Waals surface area contributed by atoms with Crippen LogP contribution in [0.5, 0.6) is 0 Å². The first-order valence-corrected chi connectivity index (χ1v) is 10.9. The summed E-state index contributed by atoms with van der Waals surface area (Å²) in [4.78, 5) is 6.08. The molecule has 1 fully saturated rings. The van der Waals surface area contributed by atoms with E-state index < -0.39 is 0 Å². The fourth-order valence-corrected chi connectivity index (χ4v) is 4.85. The van der Waals surface area contributed by atoms with Crippen LogP contribution in [0, 0.1) is 5.82 Å². The molecule has 30 heavy (non-hydrogen) atoms. The summed E-state index contributed by atoms with van der Waals surface area (Å²) in [5.41, 5.74) is 5.67. The molecule has 0 atom stereocenters. The SMILES string of the molecule is Fc1cccc2[nH]c(-c3ccccc3)c(C3CCN(CCc4ccccc4)CC3)c12. The van der Waals surface area contributed by atoms with Crippen LogP contribution >= 0.6 is 0 Å². The van der Waals surface area contributed by atoms with Crippen LogP contribution in [0.15, 0.2) is 78.9 Å². The molecule has 1 aliphatic heterocycles. The Morgan fingerprint density at radius 2 is 1.53 bits per heavy atom. The summed E-state index contributed by atoms with van der Waals surface area (Å²) in [6.45, 7) is 3.21. The van der Waals surface area contributed by atoms with Gasteiger partial charge in [-0.25, -0.2) is 4.39 Å². The number of aromatic amines is 1. The first kappa shape index (κ1) is 19.1. The number of nitrogens with zero attached hydrogens (tertiary/aromatic N) is 1. The van der Waals surface area contributed by atoms with Crippen molar-refractivity contribution < 1.29 is 4.39 Å². The predicted octanol–water partition coefficient (Wildman–Crippen LogP) is 6.40. The summed E-state index contributed by atoms with van der Waals surface area (Å²) in [7, 11) is 0. The number of nitrogens with one attached hydrogen (secondary N) is 1. The van der Waals surface area contributed by atoms with Gasteiger partial charge >= 0.3 is 0 Å². The first-order valence-electron chi connectivity index (χ1n) is 10.9. The molecule has 0 radical (unpaired) electrons. The van der Waals surface area contributed by atoms with E-state index in [4.69, 9.17) is 0 Å². The molecule has 0 bridgehead atoms. The van der Waals surface area contributed by atoms with Gasteiger partial charge in [-0.15, -0.1) is 0 Å². The Kier molecular flexibility index (Phi) is 5.37. The second-order valence-corrected chi connectivity index (χ2v) is 8.29. The van der Waals surface area contributed by atoms with Gasteiger partial charge in [-0.3, -0.25) is 0 Å². The van der Waals surface area contributed by atoms with Gasteiger partial charge < -0.3 is 9.88 Å². The van der Waals surface area contributed by atoms with E-state index in [1.54, 1.807) is 12.1 Å². The minimum Gasteiger partial charge on any atom is -0.354 e. The van der Waals surface area contributed by atoms with Crippen molar-refractivity contribution in [1.29, 1.82) is 0 Å². The zero-order valence-corrected chi connectivity index (χ0v) is 17.2. The lowest BCUT2D eigenvalue weighted by Gasteiger charge is -2.32. The Balaban J connectivity index is 1.39. The monoisotopic (exact) mass is 398 g/mol. The van der Waals surface area contributed by atoms with Crippen LogP contribution in [0.3, 0.4) is 0 Å². The average molecular weight is 399 g/mol. The summed E-state index contributed by atoms with van der Waals surface area (Å²) in [5.74, 6) is 0.256. The Bertz CT molecular complexity index is 1110. The van der Waals surface area contributed by atoms with Gasteiger partial charge in [-0.2, -0.15) is 0 Å². The maximum atomic E-state index is 14.9. The number of hydrogen-bond donors (Lipinski definition) is 1. The molecule has 1 saturated heterocycles. The summed E-state index contributed by atoms with van der Waals surface area (Å²) in [6.07, 6.45) is 3.22. The van der Waals surface area contributed by atoms with E-state index >= 15 is 0 Å². The fraction of sp³-hybridized carbons (Fsp3) is 0.259. The van der Waals surface area contributed by atoms with E-state index in [0.29, 0.717) is 5.92 Å². The molecule has 2 heterocycles. The molecule has 3 aromatic carbocycles. The molecule has 0 aliphatic carbocycles. The molecular formula is C27H27FN2. The number of H-pyrrole nitrogens is 1. The van der Waals surface area contributed by atoms with Crippen molar-refractivity contribution in [1.82, 2.24) is 9.88 Å². The van der Waals surface area contributed by atoms with E-state index in [1.807, 2.05) is 24.3 Å². The first-order chi connectivity index (χ1) is 14.8. The topological polar surface area (TPSA) is 19.0 Å². The van der Waals surface area contributed by atoms with E-state index in [2.05, 4.69) is 52.3 Å². The summed E-state index contributed by atoms with van der Waals surface area (Å²) in [5, 5.41) is 0.777. The largest absolute Gasteiger partial charge is 0.354 e. The van der Waals surface area contributed by atoms with Crippen LogP contribution in [0.1, 0.15) is 29.9 Å². The van der Waals surface area contributed by atoms with Gasteiger partial charge in [0.2, 0.25) is 0 Å². The minimum absolute atomic E-state index is 0.118. The molecule has 1 aromatic heterocycles. The summed E-state index contributed by atoms with van der Waals surface area (Å²) < 4.78 is 14.9. The Morgan fingerprint density at radius 3 is 2.27 bits per heavy atom. The van der Waals surface area contributed by atoms with Gasteiger partial charge in [0.05, 0.1) is 5.69 Å². The molecule has 4 aromatic rings. The third-order valence-electron chi connectivity index (χ3n) is 6.43. The number of likely N-dealkylation sites (tertiary alicyclic amines) is 1. The number of halogens is 1. The van der Waals surface area contributed by atoms with Gasteiger partial charge in [0.25, 0.3) is 0 Å². The second-order valence-electron chi connectivity index (χ2n) is 8.29. The lowest BCUT2D eigenvalue weighted by atomic mass is 9.86. The van der Waals surface area contributed by atoms with Crippen molar-refractivity contribution in [2.75, 3.05) is 19.6 Å². The highest BCUT2D eigenvalue weighted by Crippen LogP contribution is 2.41.